The Kier molecular flexibility index (Phi) is 4.84. The molecule has 4 rings (SSSR count). The van der Waals surface area contributed by atoms with Crippen LogP contribution in [0.4, 0.5) is 4.39 Å². The molecule has 2 saturated heterocycles. The number of hydrogen-bond donors (Lipinski definition) is 0. The van der Waals surface area contributed by atoms with Gasteiger partial charge in [-0.05, 0) is 30.0 Å². The number of hydrogen-bond acceptors (Lipinski definition) is 5. The summed E-state index contributed by atoms with van der Waals surface area (Å²) >= 11 is 1.48. The van der Waals surface area contributed by atoms with Gasteiger partial charge >= 0.3 is 0 Å². The first-order valence-electron chi connectivity index (χ1n) is 9.01. The molecule has 1 aromatic carbocycles. The Bertz CT molecular complexity index is 998. The molecule has 2 aliphatic rings. The standard InChI is InChI=1S/C19H19FN2O4S2/c1-2-15(16-7-5-9-27-16)22-18(23)12-10-21(11-13(12)19(22)24)28(25,26)17-8-4-3-6-14(17)20/h3-9,12-13,15H,2,10-11H2,1H3/t12-,13+,15?. The van der Waals surface area contributed by atoms with E-state index < -0.39 is 32.6 Å². The second kappa shape index (κ2) is 7.06. The molecule has 9 heteroatoms. The fraction of sp³-hybridized carbons (Fsp3) is 0.368. The fourth-order valence-electron chi connectivity index (χ4n) is 4.02. The number of imide groups is 1. The smallest absolute Gasteiger partial charge is 0.246 e. The summed E-state index contributed by atoms with van der Waals surface area (Å²) in [6.07, 6.45) is 0.592. The Hall–Kier alpha value is -2.10. The second-order valence-corrected chi connectivity index (χ2v) is 9.84. The summed E-state index contributed by atoms with van der Waals surface area (Å²) in [4.78, 5) is 27.8. The third-order valence-corrected chi connectivity index (χ3v) is 8.26. The van der Waals surface area contributed by atoms with Crippen LogP contribution in [0.5, 0.6) is 0 Å². The normalized spacial score (nSPS) is 24.0. The van der Waals surface area contributed by atoms with Gasteiger partial charge in [-0.25, -0.2) is 12.8 Å². The number of carbonyl (C=O) groups excluding carboxylic acids is 2. The molecule has 1 aromatic heterocycles. The average Bonchev–Trinajstić information content (AvgIpc) is 3.38. The number of rotatable bonds is 5. The SMILES string of the molecule is CCC(c1cccs1)N1C(=O)[C@H]2CN(S(=O)(=O)c3ccccc3F)C[C@H]2C1=O. The molecule has 2 fully saturated rings. The lowest BCUT2D eigenvalue weighted by Gasteiger charge is -2.26. The number of benzene rings is 1. The van der Waals surface area contributed by atoms with Crippen molar-refractivity contribution in [3.63, 3.8) is 0 Å². The fourth-order valence-corrected chi connectivity index (χ4v) is 6.48. The zero-order chi connectivity index (χ0) is 20.1. The number of sulfonamides is 1. The maximum absolute atomic E-state index is 14.0. The molecule has 2 aromatic rings. The van der Waals surface area contributed by atoms with Crippen LogP contribution in [-0.4, -0.2) is 42.5 Å². The molecule has 0 N–H and O–H groups in total. The Morgan fingerprint density at radius 2 is 1.75 bits per heavy atom. The number of halogens is 1. The van der Waals surface area contributed by atoms with Gasteiger partial charge in [0, 0.05) is 18.0 Å². The summed E-state index contributed by atoms with van der Waals surface area (Å²) in [6.45, 7) is 1.69. The molecule has 0 aliphatic carbocycles. The highest BCUT2D eigenvalue weighted by atomic mass is 32.2. The first kappa shape index (κ1) is 19.2. The van der Waals surface area contributed by atoms with Gasteiger partial charge < -0.3 is 0 Å². The number of carbonyl (C=O) groups is 2. The molecule has 3 atom stereocenters. The Morgan fingerprint density at radius 3 is 2.29 bits per heavy atom. The predicted octanol–water partition coefficient (Wildman–Crippen LogP) is 2.64. The first-order chi connectivity index (χ1) is 13.4. The zero-order valence-electron chi connectivity index (χ0n) is 15.1. The van der Waals surface area contributed by atoms with Gasteiger partial charge in [0.1, 0.15) is 10.7 Å². The van der Waals surface area contributed by atoms with E-state index in [1.807, 2.05) is 24.4 Å². The average molecular weight is 423 g/mol. The van der Waals surface area contributed by atoms with E-state index >= 15 is 0 Å². The van der Waals surface area contributed by atoms with E-state index in [2.05, 4.69) is 0 Å². The summed E-state index contributed by atoms with van der Waals surface area (Å²) in [5.74, 6) is -2.98. The molecule has 0 radical (unpaired) electrons. The molecule has 0 saturated carbocycles. The number of fused-ring (bicyclic) bond motifs is 1. The van der Waals surface area contributed by atoms with Gasteiger partial charge in [0.05, 0.1) is 17.9 Å². The van der Waals surface area contributed by atoms with E-state index in [1.165, 1.54) is 34.4 Å². The highest BCUT2D eigenvalue weighted by Crippen LogP contribution is 2.41. The van der Waals surface area contributed by atoms with Crippen molar-refractivity contribution < 1.29 is 22.4 Å². The van der Waals surface area contributed by atoms with Crippen LogP contribution in [-0.2, 0) is 19.6 Å². The van der Waals surface area contributed by atoms with Crippen molar-refractivity contribution in [2.24, 2.45) is 11.8 Å². The Balaban J connectivity index is 1.60. The summed E-state index contributed by atoms with van der Waals surface area (Å²) < 4.78 is 40.7. The summed E-state index contributed by atoms with van der Waals surface area (Å²) in [6, 6.07) is 8.56. The topological polar surface area (TPSA) is 74.8 Å². The summed E-state index contributed by atoms with van der Waals surface area (Å²) in [7, 11) is -4.11. The largest absolute Gasteiger partial charge is 0.274 e. The summed E-state index contributed by atoms with van der Waals surface area (Å²) in [5.41, 5.74) is 0. The minimum Gasteiger partial charge on any atom is -0.274 e. The van der Waals surface area contributed by atoms with Crippen molar-refractivity contribution in [1.82, 2.24) is 9.21 Å². The number of amides is 2. The van der Waals surface area contributed by atoms with Crippen molar-refractivity contribution in [1.29, 1.82) is 0 Å². The molecule has 2 amide bonds. The van der Waals surface area contributed by atoms with Crippen molar-refractivity contribution in [2.45, 2.75) is 24.3 Å². The van der Waals surface area contributed by atoms with E-state index in [0.29, 0.717) is 6.42 Å². The van der Waals surface area contributed by atoms with E-state index in [1.54, 1.807) is 0 Å². The molecule has 0 spiro atoms. The highest BCUT2D eigenvalue weighted by Gasteiger charge is 2.56. The molecule has 2 aliphatic heterocycles. The number of thiophene rings is 1. The third kappa shape index (κ3) is 2.89. The maximum Gasteiger partial charge on any atom is 0.246 e. The quantitative estimate of drug-likeness (QED) is 0.695. The van der Waals surface area contributed by atoms with Crippen LogP contribution in [0.15, 0.2) is 46.7 Å². The third-order valence-electron chi connectivity index (χ3n) is 5.42. The molecule has 6 nitrogen and oxygen atoms in total. The predicted molar refractivity (Wildman–Crippen MR) is 101 cm³/mol. The van der Waals surface area contributed by atoms with Crippen LogP contribution in [0.2, 0.25) is 0 Å². The van der Waals surface area contributed by atoms with Crippen LogP contribution in [0, 0.1) is 17.7 Å². The molecule has 28 heavy (non-hydrogen) atoms. The Labute approximate surface area is 166 Å². The monoisotopic (exact) mass is 422 g/mol. The van der Waals surface area contributed by atoms with Gasteiger partial charge in [-0.15, -0.1) is 11.3 Å². The second-order valence-electron chi connectivity index (χ2n) is 6.95. The Morgan fingerprint density at radius 1 is 1.11 bits per heavy atom. The van der Waals surface area contributed by atoms with Crippen LogP contribution in [0.3, 0.4) is 0 Å². The number of nitrogens with zero attached hydrogens (tertiary/aromatic N) is 2. The summed E-state index contributed by atoms with van der Waals surface area (Å²) in [5, 5.41) is 1.90. The minimum absolute atomic E-state index is 0.108. The van der Waals surface area contributed by atoms with Gasteiger partial charge in [0.15, 0.2) is 0 Å². The lowest BCUT2D eigenvalue weighted by molar-refractivity contribution is -0.143. The van der Waals surface area contributed by atoms with Crippen molar-refractivity contribution in [3.05, 3.63) is 52.5 Å². The van der Waals surface area contributed by atoms with E-state index in [0.717, 1.165) is 15.2 Å². The molecule has 0 bridgehead atoms. The van der Waals surface area contributed by atoms with E-state index in [4.69, 9.17) is 0 Å². The van der Waals surface area contributed by atoms with Crippen molar-refractivity contribution >= 4 is 33.2 Å². The van der Waals surface area contributed by atoms with Crippen LogP contribution < -0.4 is 0 Å². The van der Waals surface area contributed by atoms with Crippen LogP contribution in [0.25, 0.3) is 0 Å². The lowest BCUT2D eigenvalue weighted by atomic mass is 10.00. The van der Waals surface area contributed by atoms with E-state index in [-0.39, 0.29) is 30.9 Å². The minimum atomic E-state index is -4.11. The molecular formula is C19H19FN2O4S2. The van der Waals surface area contributed by atoms with Gasteiger partial charge in [-0.1, -0.05) is 25.1 Å². The highest BCUT2D eigenvalue weighted by molar-refractivity contribution is 7.89. The van der Waals surface area contributed by atoms with Gasteiger partial charge in [-0.3, -0.25) is 14.5 Å². The maximum atomic E-state index is 14.0. The van der Waals surface area contributed by atoms with Crippen molar-refractivity contribution in [3.8, 4) is 0 Å². The molecule has 1 unspecified atom stereocenters. The number of likely N-dealkylation sites (tertiary alicyclic amines) is 1. The molecule has 3 heterocycles. The van der Waals surface area contributed by atoms with Gasteiger partial charge in [0.25, 0.3) is 0 Å². The van der Waals surface area contributed by atoms with Gasteiger partial charge in [0.2, 0.25) is 21.8 Å². The van der Waals surface area contributed by atoms with Crippen LogP contribution >= 0.6 is 11.3 Å². The van der Waals surface area contributed by atoms with Crippen LogP contribution in [0.1, 0.15) is 24.3 Å². The molecular weight excluding hydrogens is 403 g/mol. The van der Waals surface area contributed by atoms with Gasteiger partial charge in [-0.2, -0.15) is 4.31 Å². The first-order valence-corrected chi connectivity index (χ1v) is 11.3. The zero-order valence-corrected chi connectivity index (χ0v) is 16.7. The molecule has 148 valence electrons. The van der Waals surface area contributed by atoms with E-state index in [9.17, 15) is 22.4 Å². The van der Waals surface area contributed by atoms with Crippen molar-refractivity contribution in [2.75, 3.05) is 13.1 Å². The lowest BCUT2D eigenvalue weighted by Crippen LogP contribution is -2.40.